The van der Waals surface area contributed by atoms with E-state index in [0.29, 0.717) is 0 Å². The quantitative estimate of drug-likeness (QED) is 0.524. The summed E-state index contributed by atoms with van der Waals surface area (Å²) in [6.45, 7) is 5.24. The van der Waals surface area contributed by atoms with Gasteiger partial charge in [0.15, 0.2) is 5.78 Å². The Morgan fingerprint density at radius 3 is 2.27 bits per heavy atom. The minimum Gasteiger partial charge on any atom is -0.468 e. The van der Waals surface area contributed by atoms with Crippen molar-refractivity contribution in [2.45, 2.75) is 33.6 Å². The molecule has 0 aromatic heterocycles. The van der Waals surface area contributed by atoms with E-state index in [1.807, 2.05) is 6.07 Å². The van der Waals surface area contributed by atoms with Gasteiger partial charge in [0.1, 0.15) is 5.92 Å². The fourth-order valence-electron chi connectivity index (χ4n) is 1.23. The standard InChI is InChI=1S/C11H17NO3/c1-11(2,3)9(13)8(6-5-7-12)10(14)15-4/h8H,5-6H2,1-4H3/t8-/m1/s1. The van der Waals surface area contributed by atoms with Crippen LogP contribution in [0.3, 0.4) is 0 Å². The van der Waals surface area contributed by atoms with Crippen molar-refractivity contribution in [1.82, 2.24) is 0 Å². The number of hydrogen-bond acceptors (Lipinski definition) is 4. The molecule has 0 heterocycles. The van der Waals surface area contributed by atoms with E-state index in [-0.39, 0.29) is 18.6 Å². The number of ketones is 1. The third kappa shape index (κ3) is 4.11. The average molecular weight is 211 g/mol. The second-order valence-electron chi connectivity index (χ2n) is 4.39. The zero-order chi connectivity index (χ0) is 12.1. The van der Waals surface area contributed by atoms with E-state index in [9.17, 15) is 9.59 Å². The van der Waals surface area contributed by atoms with Crippen molar-refractivity contribution >= 4 is 11.8 Å². The summed E-state index contributed by atoms with van der Waals surface area (Å²) < 4.78 is 4.56. The van der Waals surface area contributed by atoms with Gasteiger partial charge >= 0.3 is 5.97 Å². The van der Waals surface area contributed by atoms with Crippen molar-refractivity contribution in [3.8, 4) is 6.07 Å². The molecule has 0 spiro atoms. The predicted molar refractivity (Wildman–Crippen MR) is 54.8 cm³/mol. The highest BCUT2D eigenvalue weighted by molar-refractivity contribution is 6.01. The summed E-state index contributed by atoms with van der Waals surface area (Å²) >= 11 is 0. The molecule has 0 N–H and O–H groups in total. The summed E-state index contributed by atoms with van der Waals surface area (Å²) in [6, 6.07) is 1.92. The van der Waals surface area contributed by atoms with Gasteiger partial charge in [-0.15, -0.1) is 0 Å². The van der Waals surface area contributed by atoms with Gasteiger partial charge in [0.05, 0.1) is 13.2 Å². The molecule has 0 saturated carbocycles. The van der Waals surface area contributed by atoms with Crippen molar-refractivity contribution in [2.24, 2.45) is 11.3 Å². The van der Waals surface area contributed by atoms with Crippen LogP contribution < -0.4 is 0 Å². The number of carbonyl (C=O) groups is 2. The predicted octanol–water partition coefficient (Wildman–Crippen LogP) is 1.69. The number of carbonyl (C=O) groups excluding carboxylic acids is 2. The monoisotopic (exact) mass is 211 g/mol. The highest BCUT2D eigenvalue weighted by Gasteiger charge is 2.34. The maximum atomic E-state index is 11.9. The number of rotatable bonds is 4. The second-order valence-corrected chi connectivity index (χ2v) is 4.39. The molecular formula is C11H17NO3. The first-order valence-electron chi connectivity index (χ1n) is 4.83. The normalized spacial score (nSPS) is 12.7. The summed E-state index contributed by atoms with van der Waals surface area (Å²) in [5.74, 6) is -1.54. The lowest BCUT2D eigenvalue weighted by Crippen LogP contribution is -2.34. The van der Waals surface area contributed by atoms with Crippen LogP contribution >= 0.6 is 0 Å². The van der Waals surface area contributed by atoms with Crippen LogP contribution in [0.15, 0.2) is 0 Å². The van der Waals surface area contributed by atoms with E-state index < -0.39 is 17.3 Å². The van der Waals surface area contributed by atoms with Gasteiger partial charge in [-0.3, -0.25) is 9.59 Å². The van der Waals surface area contributed by atoms with Gasteiger partial charge in [0, 0.05) is 11.8 Å². The Balaban J connectivity index is 4.72. The minimum absolute atomic E-state index is 0.176. The molecule has 0 aliphatic carbocycles. The Bertz CT molecular complexity index is 283. The maximum absolute atomic E-state index is 11.9. The lowest BCUT2D eigenvalue weighted by Gasteiger charge is -2.22. The zero-order valence-corrected chi connectivity index (χ0v) is 9.66. The molecule has 0 saturated heterocycles. The van der Waals surface area contributed by atoms with Crippen LogP contribution in [-0.2, 0) is 14.3 Å². The summed E-state index contributed by atoms with van der Waals surface area (Å²) in [5, 5.41) is 8.44. The molecule has 0 fully saturated rings. The molecule has 0 unspecified atom stereocenters. The maximum Gasteiger partial charge on any atom is 0.316 e. The molecule has 0 aromatic carbocycles. The first-order chi connectivity index (χ1) is 6.84. The molecule has 15 heavy (non-hydrogen) atoms. The van der Waals surface area contributed by atoms with Gasteiger partial charge in [-0.25, -0.2) is 0 Å². The third-order valence-electron chi connectivity index (χ3n) is 2.09. The average Bonchev–Trinajstić information content (AvgIpc) is 2.16. The smallest absolute Gasteiger partial charge is 0.316 e. The SMILES string of the molecule is COC(=O)[C@H](CCC#N)C(=O)C(C)(C)C. The number of Topliss-reactive ketones (excluding diaryl/α,β-unsaturated/α-hetero) is 1. The van der Waals surface area contributed by atoms with Crippen molar-refractivity contribution < 1.29 is 14.3 Å². The highest BCUT2D eigenvalue weighted by atomic mass is 16.5. The molecule has 0 aliphatic heterocycles. The lowest BCUT2D eigenvalue weighted by atomic mass is 9.81. The van der Waals surface area contributed by atoms with Crippen molar-refractivity contribution in [1.29, 1.82) is 5.26 Å². The Morgan fingerprint density at radius 2 is 1.93 bits per heavy atom. The van der Waals surface area contributed by atoms with Crippen LogP contribution in [0.2, 0.25) is 0 Å². The molecule has 0 aromatic rings. The summed E-state index contributed by atoms with van der Waals surface area (Å²) in [6.07, 6.45) is 0.418. The zero-order valence-electron chi connectivity index (χ0n) is 9.66. The third-order valence-corrected chi connectivity index (χ3v) is 2.09. The van der Waals surface area contributed by atoms with Crippen molar-refractivity contribution in [3.63, 3.8) is 0 Å². The van der Waals surface area contributed by atoms with E-state index in [0.717, 1.165) is 0 Å². The molecule has 84 valence electrons. The Morgan fingerprint density at radius 1 is 1.40 bits per heavy atom. The van der Waals surface area contributed by atoms with Crippen LogP contribution in [-0.4, -0.2) is 18.9 Å². The van der Waals surface area contributed by atoms with E-state index in [1.165, 1.54) is 7.11 Å². The molecule has 0 amide bonds. The number of esters is 1. The van der Waals surface area contributed by atoms with Gasteiger partial charge in [-0.1, -0.05) is 20.8 Å². The first kappa shape index (κ1) is 13.6. The molecule has 0 radical (unpaired) electrons. The van der Waals surface area contributed by atoms with E-state index in [2.05, 4.69) is 4.74 Å². The number of hydrogen-bond donors (Lipinski definition) is 0. The van der Waals surface area contributed by atoms with Crippen LogP contribution in [0, 0.1) is 22.7 Å². The second kappa shape index (κ2) is 5.50. The Hall–Kier alpha value is -1.37. The van der Waals surface area contributed by atoms with Gasteiger partial charge in [-0.2, -0.15) is 5.26 Å². The Labute approximate surface area is 90.2 Å². The Kier molecular flexibility index (Phi) is 4.99. The largest absolute Gasteiger partial charge is 0.468 e. The molecule has 0 aliphatic rings. The van der Waals surface area contributed by atoms with Crippen LogP contribution in [0.1, 0.15) is 33.6 Å². The molecule has 1 atom stereocenters. The number of methoxy groups -OCH3 is 1. The van der Waals surface area contributed by atoms with Gasteiger partial charge in [0.25, 0.3) is 0 Å². The van der Waals surface area contributed by atoms with E-state index in [4.69, 9.17) is 5.26 Å². The number of ether oxygens (including phenoxy) is 1. The fraction of sp³-hybridized carbons (Fsp3) is 0.727. The topological polar surface area (TPSA) is 67.2 Å². The van der Waals surface area contributed by atoms with Gasteiger partial charge < -0.3 is 4.74 Å². The molecule has 4 heteroatoms. The van der Waals surface area contributed by atoms with Gasteiger partial charge in [0.2, 0.25) is 0 Å². The molecular weight excluding hydrogens is 194 g/mol. The highest BCUT2D eigenvalue weighted by Crippen LogP contribution is 2.23. The fourth-order valence-corrected chi connectivity index (χ4v) is 1.23. The summed E-state index contributed by atoms with van der Waals surface area (Å²) in [7, 11) is 1.25. The molecule has 4 nitrogen and oxygen atoms in total. The van der Waals surface area contributed by atoms with Crippen molar-refractivity contribution in [3.05, 3.63) is 0 Å². The van der Waals surface area contributed by atoms with Crippen molar-refractivity contribution in [2.75, 3.05) is 7.11 Å². The van der Waals surface area contributed by atoms with E-state index >= 15 is 0 Å². The number of nitriles is 1. The lowest BCUT2D eigenvalue weighted by molar-refractivity contribution is -0.152. The van der Waals surface area contributed by atoms with Gasteiger partial charge in [-0.05, 0) is 6.42 Å². The summed E-state index contributed by atoms with van der Waals surface area (Å²) in [5.41, 5.74) is -0.589. The molecule has 0 rings (SSSR count). The number of nitrogens with zero attached hydrogens (tertiary/aromatic N) is 1. The van der Waals surface area contributed by atoms with Crippen LogP contribution in [0.5, 0.6) is 0 Å². The minimum atomic E-state index is -0.811. The van der Waals surface area contributed by atoms with Crippen LogP contribution in [0.25, 0.3) is 0 Å². The van der Waals surface area contributed by atoms with Crippen LogP contribution in [0.4, 0.5) is 0 Å². The van der Waals surface area contributed by atoms with E-state index in [1.54, 1.807) is 20.8 Å². The first-order valence-corrected chi connectivity index (χ1v) is 4.83. The molecule has 0 bridgehead atoms. The summed E-state index contributed by atoms with van der Waals surface area (Å²) in [4.78, 5) is 23.2.